The molecule has 162 valence electrons. The average Bonchev–Trinajstić information content (AvgIpc) is 2.76. The smallest absolute Gasteiger partial charge is 0.261 e. The standard InChI is InChI=1S/C23H24N2O5S/c1-17-8-13-21(16-22(17)23(26)24-14-15-29-2)31(27,28)25-18-9-11-20(12-10-18)30-19-6-4-3-5-7-19/h3-13,16,25H,14-15H2,1-2H3,(H,24,26). The molecule has 7 nitrogen and oxygen atoms in total. The van der Waals surface area contributed by atoms with Gasteiger partial charge in [-0.25, -0.2) is 8.42 Å². The first kappa shape index (κ1) is 22.3. The molecular formula is C23H24N2O5S. The first-order valence-electron chi connectivity index (χ1n) is 9.62. The van der Waals surface area contributed by atoms with Gasteiger partial charge in [-0.3, -0.25) is 9.52 Å². The molecule has 0 aliphatic heterocycles. The monoisotopic (exact) mass is 440 g/mol. The van der Waals surface area contributed by atoms with E-state index in [-0.39, 0.29) is 10.8 Å². The minimum absolute atomic E-state index is 0.000367. The summed E-state index contributed by atoms with van der Waals surface area (Å²) < 4.78 is 38.8. The van der Waals surface area contributed by atoms with Gasteiger partial charge in [0.05, 0.1) is 11.5 Å². The summed E-state index contributed by atoms with van der Waals surface area (Å²) in [6.45, 7) is 2.45. The molecule has 31 heavy (non-hydrogen) atoms. The lowest BCUT2D eigenvalue weighted by Gasteiger charge is -2.12. The van der Waals surface area contributed by atoms with Crippen molar-refractivity contribution >= 4 is 21.6 Å². The number of aryl methyl sites for hydroxylation is 1. The maximum atomic E-state index is 12.8. The fraction of sp³-hybridized carbons (Fsp3) is 0.174. The number of rotatable bonds is 9. The maximum Gasteiger partial charge on any atom is 0.261 e. The highest BCUT2D eigenvalue weighted by atomic mass is 32.2. The maximum absolute atomic E-state index is 12.8. The van der Waals surface area contributed by atoms with Gasteiger partial charge in [0.1, 0.15) is 11.5 Å². The Balaban J connectivity index is 1.73. The van der Waals surface area contributed by atoms with E-state index in [1.807, 2.05) is 30.3 Å². The third kappa shape index (κ3) is 6.07. The van der Waals surface area contributed by atoms with Gasteiger partial charge < -0.3 is 14.8 Å². The molecule has 0 aliphatic rings. The Labute approximate surface area is 182 Å². The summed E-state index contributed by atoms with van der Waals surface area (Å²) in [6.07, 6.45) is 0. The molecular weight excluding hydrogens is 416 g/mol. The summed E-state index contributed by atoms with van der Waals surface area (Å²) in [4.78, 5) is 12.4. The van der Waals surface area contributed by atoms with Crippen LogP contribution in [-0.4, -0.2) is 34.6 Å². The Kier molecular flexibility index (Phi) is 7.28. The lowest BCUT2D eigenvalue weighted by Crippen LogP contribution is -2.28. The molecule has 0 bridgehead atoms. The van der Waals surface area contributed by atoms with Crippen molar-refractivity contribution in [3.8, 4) is 11.5 Å². The van der Waals surface area contributed by atoms with Crippen LogP contribution in [0, 0.1) is 6.92 Å². The first-order valence-corrected chi connectivity index (χ1v) is 11.1. The van der Waals surface area contributed by atoms with Crippen LogP contribution in [0.15, 0.2) is 77.7 Å². The molecule has 3 aromatic carbocycles. The number of anilines is 1. The molecule has 0 aliphatic carbocycles. The first-order chi connectivity index (χ1) is 14.9. The van der Waals surface area contributed by atoms with Gasteiger partial charge in [-0.15, -0.1) is 0 Å². The zero-order chi connectivity index (χ0) is 22.3. The predicted octanol–water partition coefficient (Wildman–Crippen LogP) is 3.96. The molecule has 0 spiro atoms. The number of hydrogen-bond acceptors (Lipinski definition) is 5. The van der Waals surface area contributed by atoms with Crippen molar-refractivity contribution in [2.75, 3.05) is 25.0 Å². The van der Waals surface area contributed by atoms with Gasteiger partial charge in [-0.1, -0.05) is 24.3 Å². The topological polar surface area (TPSA) is 93.7 Å². The molecule has 0 heterocycles. The zero-order valence-electron chi connectivity index (χ0n) is 17.3. The molecule has 0 aromatic heterocycles. The number of carbonyl (C=O) groups is 1. The van der Waals surface area contributed by atoms with Crippen LogP contribution < -0.4 is 14.8 Å². The van der Waals surface area contributed by atoms with E-state index >= 15 is 0 Å². The second-order valence-corrected chi connectivity index (χ2v) is 8.45. The highest BCUT2D eigenvalue weighted by molar-refractivity contribution is 7.92. The van der Waals surface area contributed by atoms with Crippen molar-refractivity contribution in [3.05, 3.63) is 83.9 Å². The third-order valence-corrected chi connectivity index (χ3v) is 5.82. The van der Waals surface area contributed by atoms with E-state index < -0.39 is 10.0 Å². The summed E-state index contributed by atoms with van der Waals surface area (Å²) in [5.74, 6) is 0.917. The number of hydrogen-bond donors (Lipinski definition) is 2. The number of benzene rings is 3. The van der Waals surface area contributed by atoms with Crippen LogP contribution in [-0.2, 0) is 14.8 Å². The van der Waals surface area contributed by atoms with Crippen molar-refractivity contribution < 1.29 is 22.7 Å². The zero-order valence-corrected chi connectivity index (χ0v) is 18.1. The van der Waals surface area contributed by atoms with Crippen LogP contribution in [0.5, 0.6) is 11.5 Å². The molecule has 3 rings (SSSR count). The Hall–Kier alpha value is -3.36. The summed E-state index contributed by atoms with van der Waals surface area (Å²) in [5.41, 5.74) is 1.36. The molecule has 0 saturated carbocycles. The van der Waals surface area contributed by atoms with E-state index in [1.54, 1.807) is 37.3 Å². The molecule has 1 amide bonds. The molecule has 2 N–H and O–H groups in total. The summed E-state index contributed by atoms with van der Waals surface area (Å²) in [6, 6.07) is 20.3. The van der Waals surface area contributed by atoms with Crippen LogP contribution in [0.1, 0.15) is 15.9 Å². The van der Waals surface area contributed by atoms with Crippen LogP contribution in [0.2, 0.25) is 0 Å². The predicted molar refractivity (Wildman–Crippen MR) is 119 cm³/mol. The minimum atomic E-state index is -3.88. The number of sulfonamides is 1. The van der Waals surface area contributed by atoms with Crippen LogP contribution >= 0.6 is 0 Å². The molecule has 8 heteroatoms. The second-order valence-electron chi connectivity index (χ2n) is 6.77. The number of ether oxygens (including phenoxy) is 2. The van der Waals surface area contributed by atoms with Gasteiger partial charge in [-0.2, -0.15) is 0 Å². The van der Waals surface area contributed by atoms with Crippen LogP contribution in [0.4, 0.5) is 5.69 Å². The quantitative estimate of drug-likeness (QED) is 0.491. The molecule has 0 saturated heterocycles. The van der Waals surface area contributed by atoms with Crippen molar-refractivity contribution in [1.82, 2.24) is 5.32 Å². The second kappa shape index (κ2) is 10.1. The third-order valence-electron chi connectivity index (χ3n) is 4.44. The van der Waals surface area contributed by atoms with E-state index in [9.17, 15) is 13.2 Å². The van der Waals surface area contributed by atoms with Gasteiger partial charge >= 0.3 is 0 Å². The van der Waals surface area contributed by atoms with Crippen molar-refractivity contribution in [1.29, 1.82) is 0 Å². The van der Waals surface area contributed by atoms with Gasteiger partial charge in [0.25, 0.3) is 15.9 Å². The number of nitrogens with one attached hydrogen (secondary N) is 2. The van der Waals surface area contributed by atoms with E-state index in [0.29, 0.717) is 41.5 Å². The van der Waals surface area contributed by atoms with Gasteiger partial charge in [0.2, 0.25) is 0 Å². The largest absolute Gasteiger partial charge is 0.457 e. The highest BCUT2D eigenvalue weighted by Gasteiger charge is 2.18. The lowest BCUT2D eigenvalue weighted by atomic mass is 10.1. The van der Waals surface area contributed by atoms with E-state index in [2.05, 4.69) is 10.0 Å². The highest BCUT2D eigenvalue weighted by Crippen LogP contribution is 2.24. The van der Waals surface area contributed by atoms with Crippen LogP contribution in [0.3, 0.4) is 0 Å². The number of methoxy groups -OCH3 is 1. The average molecular weight is 441 g/mol. The van der Waals surface area contributed by atoms with E-state index in [4.69, 9.17) is 9.47 Å². The van der Waals surface area contributed by atoms with E-state index in [1.165, 1.54) is 19.2 Å². The van der Waals surface area contributed by atoms with Crippen LogP contribution in [0.25, 0.3) is 0 Å². The number of amides is 1. The minimum Gasteiger partial charge on any atom is -0.457 e. The molecule has 0 unspecified atom stereocenters. The lowest BCUT2D eigenvalue weighted by molar-refractivity contribution is 0.0936. The van der Waals surface area contributed by atoms with Gasteiger partial charge in [-0.05, 0) is 61.0 Å². The number of para-hydroxylation sites is 1. The Morgan fingerprint density at radius 3 is 2.29 bits per heavy atom. The Morgan fingerprint density at radius 2 is 1.61 bits per heavy atom. The normalized spacial score (nSPS) is 11.0. The number of carbonyl (C=O) groups excluding carboxylic acids is 1. The van der Waals surface area contributed by atoms with Crippen molar-refractivity contribution in [2.45, 2.75) is 11.8 Å². The summed E-state index contributed by atoms with van der Waals surface area (Å²) in [5, 5.41) is 2.70. The van der Waals surface area contributed by atoms with Gasteiger partial charge in [0, 0.05) is 24.9 Å². The SMILES string of the molecule is COCCNC(=O)c1cc(S(=O)(=O)Nc2ccc(Oc3ccccc3)cc2)ccc1C. The molecule has 3 aromatic rings. The van der Waals surface area contributed by atoms with Crippen molar-refractivity contribution in [2.24, 2.45) is 0 Å². The molecule has 0 fully saturated rings. The fourth-order valence-corrected chi connectivity index (χ4v) is 3.89. The molecule has 0 radical (unpaired) electrons. The Bertz CT molecular complexity index is 1130. The van der Waals surface area contributed by atoms with E-state index in [0.717, 1.165) is 0 Å². The fourth-order valence-electron chi connectivity index (χ4n) is 2.80. The molecule has 0 atom stereocenters. The Morgan fingerprint density at radius 1 is 0.935 bits per heavy atom. The summed E-state index contributed by atoms with van der Waals surface area (Å²) >= 11 is 0. The van der Waals surface area contributed by atoms with Crippen molar-refractivity contribution in [3.63, 3.8) is 0 Å². The summed E-state index contributed by atoms with van der Waals surface area (Å²) in [7, 11) is -2.34. The van der Waals surface area contributed by atoms with Gasteiger partial charge in [0.15, 0.2) is 0 Å².